The van der Waals surface area contributed by atoms with Gasteiger partial charge in [0, 0.05) is 19.3 Å². The molecule has 0 aliphatic carbocycles. The van der Waals surface area contributed by atoms with E-state index in [1.165, 1.54) is 11.1 Å². The van der Waals surface area contributed by atoms with E-state index in [1.54, 1.807) is 6.20 Å². The number of para-hydroxylation sites is 1. The average Bonchev–Trinajstić information content (AvgIpc) is 2.62. The molecule has 0 spiro atoms. The highest BCUT2D eigenvalue weighted by Gasteiger charge is 2.18. The van der Waals surface area contributed by atoms with Crippen LogP contribution in [-0.2, 0) is 12.0 Å². The lowest BCUT2D eigenvalue weighted by atomic mass is 9.86. The molecule has 0 bridgehead atoms. The molecule has 5 nitrogen and oxygen atoms in total. The highest BCUT2D eigenvalue weighted by Crippen LogP contribution is 2.30. The van der Waals surface area contributed by atoms with Crippen LogP contribution in [0.15, 0.2) is 60.8 Å². The topological polar surface area (TPSA) is 53.9 Å². The van der Waals surface area contributed by atoms with Crippen molar-refractivity contribution in [1.82, 2.24) is 15.2 Å². The third kappa shape index (κ3) is 4.36. The van der Waals surface area contributed by atoms with Gasteiger partial charge >= 0.3 is 0 Å². The monoisotopic (exact) mass is 347 g/mol. The van der Waals surface area contributed by atoms with Crippen LogP contribution in [0, 0.1) is 0 Å². The number of nitrogens with zero attached hydrogens (tertiary/aromatic N) is 4. The molecule has 0 radical (unpaired) electrons. The van der Waals surface area contributed by atoms with Gasteiger partial charge in [-0.05, 0) is 22.6 Å². The lowest BCUT2D eigenvalue weighted by Gasteiger charge is -2.23. The minimum atomic E-state index is 0.0387. The minimum absolute atomic E-state index is 0.0387. The Labute approximate surface area is 155 Å². The van der Waals surface area contributed by atoms with Gasteiger partial charge in [0.1, 0.15) is 0 Å². The van der Waals surface area contributed by atoms with Crippen molar-refractivity contribution >= 4 is 17.5 Å². The largest absolute Gasteiger partial charge is 0.339 e. The Morgan fingerprint density at radius 3 is 2.38 bits per heavy atom. The zero-order valence-corrected chi connectivity index (χ0v) is 15.8. The summed E-state index contributed by atoms with van der Waals surface area (Å²) in [5, 5.41) is 11.7. The highest BCUT2D eigenvalue weighted by molar-refractivity contribution is 5.62. The van der Waals surface area contributed by atoms with E-state index in [0.29, 0.717) is 11.8 Å². The van der Waals surface area contributed by atoms with Gasteiger partial charge in [0.05, 0.1) is 6.20 Å². The quantitative estimate of drug-likeness (QED) is 0.734. The third-order valence-corrected chi connectivity index (χ3v) is 4.15. The smallest absolute Gasteiger partial charge is 0.247 e. The van der Waals surface area contributed by atoms with Gasteiger partial charge in [0.15, 0.2) is 5.82 Å². The van der Waals surface area contributed by atoms with Crippen molar-refractivity contribution in [2.24, 2.45) is 0 Å². The number of nitrogens with one attached hydrogen (secondary N) is 1. The molecule has 1 aromatic heterocycles. The summed E-state index contributed by atoms with van der Waals surface area (Å²) in [7, 11) is 1.97. The van der Waals surface area contributed by atoms with E-state index in [2.05, 4.69) is 71.6 Å². The van der Waals surface area contributed by atoms with Gasteiger partial charge < -0.3 is 10.2 Å². The first kappa shape index (κ1) is 17.9. The van der Waals surface area contributed by atoms with Crippen LogP contribution in [-0.4, -0.2) is 22.2 Å². The second-order valence-electron chi connectivity index (χ2n) is 7.40. The summed E-state index contributed by atoms with van der Waals surface area (Å²) >= 11 is 0. The van der Waals surface area contributed by atoms with Crippen LogP contribution in [0.5, 0.6) is 0 Å². The summed E-state index contributed by atoms with van der Waals surface area (Å²) in [6.07, 6.45) is 1.65. The van der Waals surface area contributed by atoms with Crippen molar-refractivity contribution in [3.05, 3.63) is 71.9 Å². The highest BCUT2D eigenvalue weighted by atomic mass is 15.3. The first-order valence-corrected chi connectivity index (χ1v) is 8.75. The molecular formula is C21H25N5. The molecule has 1 N–H and O–H groups in total. The van der Waals surface area contributed by atoms with Crippen LogP contribution >= 0.6 is 0 Å². The van der Waals surface area contributed by atoms with E-state index in [0.717, 1.165) is 12.2 Å². The predicted octanol–water partition coefficient (Wildman–Crippen LogP) is 4.55. The number of hydrogen-bond acceptors (Lipinski definition) is 5. The van der Waals surface area contributed by atoms with Crippen LogP contribution in [0.1, 0.15) is 31.9 Å². The number of rotatable bonds is 5. The molecule has 1 heterocycles. The van der Waals surface area contributed by atoms with Crippen LogP contribution < -0.4 is 10.2 Å². The van der Waals surface area contributed by atoms with Crippen LogP contribution in [0.2, 0.25) is 0 Å². The molecule has 0 saturated carbocycles. The summed E-state index contributed by atoms with van der Waals surface area (Å²) in [4.78, 5) is 6.62. The van der Waals surface area contributed by atoms with Crippen molar-refractivity contribution in [2.45, 2.75) is 32.7 Å². The van der Waals surface area contributed by atoms with E-state index in [4.69, 9.17) is 0 Å². The third-order valence-electron chi connectivity index (χ3n) is 4.15. The summed E-state index contributed by atoms with van der Waals surface area (Å²) in [6, 6.07) is 18.5. The normalized spacial score (nSPS) is 11.2. The minimum Gasteiger partial charge on any atom is -0.339 e. The van der Waals surface area contributed by atoms with E-state index < -0.39 is 0 Å². The Kier molecular flexibility index (Phi) is 5.16. The maximum Gasteiger partial charge on any atom is 0.247 e. The molecule has 5 heteroatoms. The first-order chi connectivity index (χ1) is 12.4. The molecule has 3 aromatic rings. The van der Waals surface area contributed by atoms with Gasteiger partial charge in [-0.1, -0.05) is 69.3 Å². The number of hydrogen-bond donors (Lipinski definition) is 1. The van der Waals surface area contributed by atoms with Crippen LogP contribution in [0.3, 0.4) is 0 Å². The SMILES string of the molecule is CN(Cc1ccccc1)c1nncc(Nc2ccccc2C(C)(C)C)n1. The van der Waals surface area contributed by atoms with Crippen LogP contribution in [0.4, 0.5) is 17.5 Å². The van der Waals surface area contributed by atoms with Gasteiger partial charge in [-0.3, -0.25) is 0 Å². The molecule has 134 valence electrons. The van der Waals surface area contributed by atoms with E-state index in [-0.39, 0.29) is 5.41 Å². The Hall–Kier alpha value is -2.95. The lowest BCUT2D eigenvalue weighted by molar-refractivity contribution is 0.592. The van der Waals surface area contributed by atoms with Crippen molar-refractivity contribution in [3.8, 4) is 0 Å². The lowest BCUT2D eigenvalue weighted by Crippen LogP contribution is -2.20. The molecule has 26 heavy (non-hydrogen) atoms. The standard InChI is InChI=1S/C21H25N5/c1-21(2,3)17-12-8-9-13-18(17)23-19-14-22-25-20(24-19)26(4)15-16-10-6-5-7-11-16/h5-14H,15H2,1-4H3,(H,23,24,25). The summed E-state index contributed by atoms with van der Waals surface area (Å²) in [5.74, 6) is 1.28. The predicted molar refractivity (Wildman–Crippen MR) is 107 cm³/mol. The molecule has 2 aromatic carbocycles. The molecule has 0 amide bonds. The Morgan fingerprint density at radius 1 is 0.962 bits per heavy atom. The van der Waals surface area contributed by atoms with E-state index in [9.17, 15) is 0 Å². The molecule has 3 rings (SSSR count). The molecule has 0 atom stereocenters. The molecule has 0 aliphatic heterocycles. The van der Waals surface area contributed by atoms with E-state index >= 15 is 0 Å². The first-order valence-electron chi connectivity index (χ1n) is 8.75. The number of benzene rings is 2. The fourth-order valence-corrected chi connectivity index (χ4v) is 2.83. The summed E-state index contributed by atoms with van der Waals surface area (Å²) in [6.45, 7) is 7.32. The average molecular weight is 347 g/mol. The maximum absolute atomic E-state index is 4.63. The number of aromatic nitrogens is 3. The van der Waals surface area contributed by atoms with Gasteiger partial charge in [0.2, 0.25) is 5.95 Å². The van der Waals surface area contributed by atoms with E-state index in [1.807, 2.05) is 36.2 Å². The second kappa shape index (κ2) is 7.52. The fourth-order valence-electron chi connectivity index (χ4n) is 2.83. The Morgan fingerprint density at radius 2 is 1.65 bits per heavy atom. The second-order valence-corrected chi connectivity index (χ2v) is 7.40. The molecule has 0 saturated heterocycles. The molecular weight excluding hydrogens is 322 g/mol. The summed E-state index contributed by atoms with van der Waals surface area (Å²) in [5.41, 5.74) is 3.52. The van der Waals surface area contributed by atoms with Crippen LogP contribution in [0.25, 0.3) is 0 Å². The molecule has 0 fully saturated rings. The fraction of sp³-hybridized carbons (Fsp3) is 0.286. The number of anilines is 3. The zero-order chi connectivity index (χ0) is 18.6. The van der Waals surface area contributed by atoms with Crippen molar-refractivity contribution in [3.63, 3.8) is 0 Å². The zero-order valence-electron chi connectivity index (χ0n) is 15.8. The van der Waals surface area contributed by atoms with Crippen molar-refractivity contribution in [1.29, 1.82) is 0 Å². The molecule has 0 unspecified atom stereocenters. The molecule has 0 aliphatic rings. The Bertz CT molecular complexity index is 856. The van der Waals surface area contributed by atoms with Gasteiger partial charge in [-0.2, -0.15) is 10.1 Å². The van der Waals surface area contributed by atoms with Gasteiger partial charge in [0.25, 0.3) is 0 Å². The van der Waals surface area contributed by atoms with Gasteiger partial charge in [-0.25, -0.2) is 0 Å². The summed E-state index contributed by atoms with van der Waals surface area (Å²) < 4.78 is 0. The van der Waals surface area contributed by atoms with Crippen molar-refractivity contribution in [2.75, 3.05) is 17.3 Å². The van der Waals surface area contributed by atoms with Crippen molar-refractivity contribution < 1.29 is 0 Å². The maximum atomic E-state index is 4.63. The van der Waals surface area contributed by atoms with Gasteiger partial charge in [-0.15, -0.1) is 5.10 Å². The Balaban J connectivity index is 1.80.